The standard InChI is InChI=1S/C19H14ClNO4S2/c1-2-23-14-5-3-12(20)7-11(14)8-17-18(22)21(19(26)27-17)13-4-6-15-16(9-13)25-10-24-15/h3-9H,2,10H2,1H3/b17-8+. The first kappa shape index (κ1) is 18.2. The molecule has 0 radical (unpaired) electrons. The molecule has 0 atom stereocenters. The average Bonchev–Trinajstić information content (AvgIpc) is 3.21. The number of thioether (sulfide) groups is 1. The molecule has 1 saturated heterocycles. The summed E-state index contributed by atoms with van der Waals surface area (Å²) in [5, 5.41) is 0.566. The fraction of sp³-hybridized carbons (Fsp3) is 0.158. The summed E-state index contributed by atoms with van der Waals surface area (Å²) in [5.74, 6) is 1.71. The van der Waals surface area contributed by atoms with Crippen molar-refractivity contribution in [1.82, 2.24) is 0 Å². The normalized spacial score (nSPS) is 17.1. The zero-order chi connectivity index (χ0) is 19.0. The Bertz CT molecular complexity index is 976. The largest absolute Gasteiger partial charge is 0.493 e. The predicted molar refractivity (Wildman–Crippen MR) is 111 cm³/mol. The summed E-state index contributed by atoms with van der Waals surface area (Å²) in [5.41, 5.74) is 1.37. The zero-order valence-electron chi connectivity index (χ0n) is 14.2. The average molecular weight is 420 g/mol. The lowest BCUT2D eigenvalue weighted by Crippen LogP contribution is -2.27. The van der Waals surface area contributed by atoms with Gasteiger partial charge in [0.2, 0.25) is 6.79 Å². The van der Waals surface area contributed by atoms with Gasteiger partial charge in [0.1, 0.15) is 5.75 Å². The summed E-state index contributed by atoms with van der Waals surface area (Å²) >= 11 is 12.8. The van der Waals surface area contributed by atoms with Crippen LogP contribution in [-0.4, -0.2) is 23.6 Å². The third-order valence-corrected chi connectivity index (χ3v) is 5.50. The molecule has 0 unspecified atom stereocenters. The summed E-state index contributed by atoms with van der Waals surface area (Å²) in [7, 11) is 0. The number of hydrogen-bond donors (Lipinski definition) is 0. The molecule has 2 heterocycles. The van der Waals surface area contributed by atoms with E-state index in [0.717, 1.165) is 5.56 Å². The van der Waals surface area contributed by atoms with Gasteiger partial charge in [0.15, 0.2) is 15.8 Å². The van der Waals surface area contributed by atoms with Gasteiger partial charge in [0.25, 0.3) is 5.91 Å². The van der Waals surface area contributed by atoms with Crippen molar-refractivity contribution < 1.29 is 19.0 Å². The highest BCUT2D eigenvalue weighted by Crippen LogP contribution is 2.41. The number of hydrogen-bond acceptors (Lipinski definition) is 6. The topological polar surface area (TPSA) is 48.0 Å². The minimum Gasteiger partial charge on any atom is -0.493 e. The van der Waals surface area contributed by atoms with E-state index in [-0.39, 0.29) is 12.7 Å². The van der Waals surface area contributed by atoms with Gasteiger partial charge in [0, 0.05) is 16.7 Å². The minimum atomic E-state index is -0.203. The summed E-state index contributed by atoms with van der Waals surface area (Å²) in [6, 6.07) is 10.6. The molecule has 0 aliphatic carbocycles. The third-order valence-electron chi connectivity index (χ3n) is 3.97. The number of halogens is 1. The zero-order valence-corrected chi connectivity index (χ0v) is 16.6. The van der Waals surface area contributed by atoms with E-state index in [2.05, 4.69) is 0 Å². The number of anilines is 1. The number of nitrogens with zero attached hydrogens (tertiary/aromatic N) is 1. The Morgan fingerprint density at radius 3 is 2.89 bits per heavy atom. The number of amides is 1. The number of benzene rings is 2. The molecule has 0 N–H and O–H groups in total. The second-order valence-electron chi connectivity index (χ2n) is 5.67. The number of ether oxygens (including phenoxy) is 3. The molecule has 4 rings (SSSR count). The first-order chi connectivity index (χ1) is 13.1. The van der Waals surface area contributed by atoms with Crippen molar-refractivity contribution in [2.75, 3.05) is 18.3 Å². The van der Waals surface area contributed by atoms with Crippen LogP contribution in [0.2, 0.25) is 5.02 Å². The highest BCUT2D eigenvalue weighted by Gasteiger charge is 2.34. The Balaban J connectivity index is 1.67. The lowest BCUT2D eigenvalue weighted by molar-refractivity contribution is -0.113. The van der Waals surface area contributed by atoms with Crippen molar-refractivity contribution in [3.63, 3.8) is 0 Å². The summed E-state index contributed by atoms with van der Waals surface area (Å²) in [6.07, 6.45) is 1.75. The van der Waals surface area contributed by atoms with Gasteiger partial charge in [-0.3, -0.25) is 9.69 Å². The maximum Gasteiger partial charge on any atom is 0.270 e. The van der Waals surface area contributed by atoms with Crippen LogP contribution < -0.4 is 19.1 Å². The molecule has 5 nitrogen and oxygen atoms in total. The molecule has 0 bridgehead atoms. The lowest BCUT2D eigenvalue weighted by Gasteiger charge is -2.14. The first-order valence-corrected chi connectivity index (χ1v) is 9.77. The minimum absolute atomic E-state index is 0.173. The Labute approximate surface area is 170 Å². The van der Waals surface area contributed by atoms with E-state index in [4.69, 9.17) is 38.0 Å². The van der Waals surface area contributed by atoms with Crippen LogP contribution in [0, 0.1) is 0 Å². The number of carbonyl (C=O) groups excluding carboxylic acids is 1. The van der Waals surface area contributed by atoms with Gasteiger partial charge in [-0.05, 0) is 43.3 Å². The SMILES string of the molecule is CCOc1ccc(Cl)cc1/C=C1/SC(=S)N(c2ccc3c(c2)OCO3)C1=O. The van der Waals surface area contributed by atoms with Gasteiger partial charge in [-0.2, -0.15) is 0 Å². The maximum atomic E-state index is 13.0. The molecule has 0 aromatic heterocycles. The number of carbonyl (C=O) groups is 1. The monoisotopic (exact) mass is 419 g/mol. The van der Waals surface area contributed by atoms with Gasteiger partial charge in [0.05, 0.1) is 17.2 Å². The Hall–Kier alpha value is -2.22. The van der Waals surface area contributed by atoms with Crippen LogP contribution in [-0.2, 0) is 4.79 Å². The van der Waals surface area contributed by atoms with Crippen LogP contribution in [0.4, 0.5) is 5.69 Å². The van der Waals surface area contributed by atoms with Gasteiger partial charge in [-0.15, -0.1) is 0 Å². The fourth-order valence-corrected chi connectivity index (χ4v) is 4.25. The van der Waals surface area contributed by atoms with E-state index in [1.165, 1.54) is 16.7 Å². The van der Waals surface area contributed by atoms with E-state index in [9.17, 15) is 4.79 Å². The lowest BCUT2D eigenvalue weighted by atomic mass is 10.1. The van der Waals surface area contributed by atoms with Crippen molar-refractivity contribution in [3.05, 3.63) is 51.9 Å². The Morgan fingerprint density at radius 1 is 1.26 bits per heavy atom. The molecule has 0 saturated carbocycles. The molecule has 2 aliphatic rings. The van der Waals surface area contributed by atoms with Crippen LogP contribution in [0.3, 0.4) is 0 Å². The molecular formula is C19H14ClNO4S2. The number of rotatable bonds is 4. The van der Waals surface area contributed by atoms with Crippen LogP contribution in [0.25, 0.3) is 6.08 Å². The van der Waals surface area contributed by atoms with E-state index >= 15 is 0 Å². The molecular weight excluding hydrogens is 406 g/mol. The van der Waals surface area contributed by atoms with Gasteiger partial charge in [-0.25, -0.2) is 0 Å². The van der Waals surface area contributed by atoms with Gasteiger partial charge >= 0.3 is 0 Å². The fourth-order valence-electron chi connectivity index (χ4n) is 2.77. The van der Waals surface area contributed by atoms with Crippen LogP contribution in [0.1, 0.15) is 12.5 Å². The molecule has 27 heavy (non-hydrogen) atoms. The second kappa shape index (κ2) is 7.42. The molecule has 8 heteroatoms. The molecule has 0 spiro atoms. The van der Waals surface area contributed by atoms with Gasteiger partial charge in [-0.1, -0.05) is 35.6 Å². The van der Waals surface area contributed by atoms with Gasteiger partial charge < -0.3 is 14.2 Å². The molecule has 2 aliphatic heterocycles. The van der Waals surface area contributed by atoms with Crippen LogP contribution >= 0.6 is 35.6 Å². The summed E-state index contributed by atoms with van der Waals surface area (Å²) in [4.78, 5) is 15.0. The first-order valence-electron chi connectivity index (χ1n) is 8.17. The third kappa shape index (κ3) is 3.50. The van der Waals surface area contributed by atoms with Crippen LogP contribution in [0.15, 0.2) is 41.3 Å². The highest BCUT2D eigenvalue weighted by molar-refractivity contribution is 8.27. The Morgan fingerprint density at radius 2 is 2.07 bits per heavy atom. The van der Waals surface area contributed by atoms with Crippen molar-refractivity contribution >= 4 is 57.6 Å². The van der Waals surface area contributed by atoms with Crippen molar-refractivity contribution in [2.24, 2.45) is 0 Å². The van der Waals surface area contributed by atoms with E-state index < -0.39 is 0 Å². The quantitative estimate of drug-likeness (QED) is 0.520. The predicted octanol–water partition coefficient (Wildman–Crippen LogP) is 4.87. The van der Waals surface area contributed by atoms with E-state index in [1.54, 1.807) is 42.5 Å². The molecule has 1 fully saturated rings. The smallest absolute Gasteiger partial charge is 0.270 e. The van der Waals surface area contributed by atoms with Crippen LogP contribution in [0.5, 0.6) is 17.2 Å². The molecule has 138 valence electrons. The number of fused-ring (bicyclic) bond motifs is 1. The summed E-state index contributed by atoms with van der Waals surface area (Å²) < 4.78 is 16.8. The molecule has 2 aromatic carbocycles. The number of thiocarbonyl (C=S) groups is 1. The molecule has 2 aromatic rings. The highest BCUT2D eigenvalue weighted by atomic mass is 35.5. The second-order valence-corrected chi connectivity index (χ2v) is 7.78. The molecule has 1 amide bonds. The van der Waals surface area contributed by atoms with Crippen molar-refractivity contribution in [3.8, 4) is 17.2 Å². The van der Waals surface area contributed by atoms with Crippen molar-refractivity contribution in [2.45, 2.75) is 6.92 Å². The van der Waals surface area contributed by atoms with Crippen molar-refractivity contribution in [1.29, 1.82) is 0 Å². The summed E-state index contributed by atoms with van der Waals surface area (Å²) in [6.45, 7) is 2.59. The Kier molecular flexibility index (Phi) is 4.99. The van der Waals surface area contributed by atoms with E-state index in [1.807, 2.05) is 6.92 Å². The van der Waals surface area contributed by atoms with E-state index in [0.29, 0.717) is 43.8 Å². The maximum absolute atomic E-state index is 13.0.